The second kappa shape index (κ2) is 7.67. The monoisotopic (exact) mass is 428 g/mol. The van der Waals surface area contributed by atoms with Crippen LogP contribution in [0.4, 0.5) is 9.18 Å². The minimum absolute atomic E-state index is 0.218. The summed E-state index contributed by atoms with van der Waals surface area (Å²) in [7, 11) is 0. The number of hydrogen-bond acceptors (Lipinski definition) is 5. The maximum absolute atomic E-state index is 14.3. The van der Waals surface area contributed by atoms with Gasteiger partial charge in [0.2, 0.25) is 5.95 Å². The van der Waals surface area contributed by atoms with Gasteiger partial charge in [-0.2, -0.15) is 4.39 Å². The van der Waals surface area contributed by atoms with Crippen LogP contribution in [-0.2, 0) is 5.54 Å². The first kappa shape index (κ1) is 20.8. The van der Waals surface area contributed by atoms with E-state index in [0.717, 1.165) is 23.4 Å². The van der Waals surface area contributed by atoms with E-state index in [1.807, 2.05) is 45.0 Å². The molecule has 1 saturated heterocycles. The zero-order valence-electron chi connectivity index (χ0n) is 17.2. The molecule has 1 fully saturated rings. The number of benzene rings is 1. The van der Waals surface area contributed by atoms with E-state index >= 15 is 0 Å². The number of carbonyl (C=O) groups is 1. The summed E-state index contributed by atoms with van der Waals surface area (Å²) < 4.78 is 14.3. The molecule has 4 rings (SSSR count). The van der Waals surface area contributed by atoms with Gasteiger partial charge in [-0.3, -0.25) is 4.90 Å². The summed E-state index contributed by atoms with van der Waals surface area (Å²) in [5.74, 6) is 0.467. The minimum atomic E-state index is -1.01. The number of halogens is 1. The summed E-state index contributed by atoms with van der Waals surface area (Å²) in [5.41, 5.74) is 0.927. The summed E-state index contributed by atoms with van der Waals surface area (Å²) in [6.07, 6.45) is 0.416. The number of nitrogens with zero attached hydrogens (tertiary/aromatic N) is 3. The third-order valence-corrected chi connectivity index (χ3v) is 6.76. The molecule has 2 aromatic rings. The molecule has 0 spiro atoms. The van der Waals surface area contributed by atoms with Crippen molar-refractivity contribution in [2.45, 2.75) is 31.8 Å². The predicted octanol–water partition coefficient (Wildman–Crippen LogP) is 4.18. The summed E-state index contributed by atoms with van der Waals surface area (Å²) in [5, 5.41) is 13.8. The smallest absolute Gasteiger partial charge is 0.413 e. The first-order chi connectivity index (χ1) is 14.2. The van der Waals surface area contributed by atoms with E-state index in [4.69, 9.17) is 4.99 Å². The van der Waals surface area contributed by atoms with Crippen LogP contribution in [0.3, 0.4) is 0 Å². The second-order valence-corrected chi connectivity index (χ2v) is 9.66. The zero-order chi connectivity index (χ0) is 21.5. The lowest BCUT2D eigenvalue weighted by atomic mass is 9.81. The molecule has 8 heteroatoms. The quantitative estimate of drug-likeness (QED) is 0.702. The number of nitrogens with one attached hydrogen (secondary N) is 1. The fourth-order valence-corrected chi connectivity index (χ4v) is 5.64. The molecule has 0 radical (unpaired) electrons. The van der Waals surface area contributed by atoms with E-state index in [-0.39, 0.29) is 5.92 Å². The van der Waals surface area contributed by atoms with Gasteiger partial charge >= 0.3 is 6.09 Å². The first-order valence-corrected chi connectivity index (χ1v) is 10.9. The molecule has 6 nitrogen and oxygen atoms in total. The summed E-state index contributed by atoms with van der Waals surface area (Å²) in [6, 6.07) is 11.1. The number of aromatic nitrogens is 1. The second-order valence-electron chi connectivity index (χ2n) is 8.67. The van der Waals surface area contributed by atoms with Crippen LogP contribution in [0.1, 0.15) is 26.3 Å². The lowest BCUT2D eigenvalue weighted by molar-refractivity contribution is 0.141. The maximum Gasteiger partial charge on any atom is 0.413 e. The Hall–Kier alpha value is -2.45. The Balaban J connectivity index is 1.83. The lowest BCUT2D eigenvalue weighted by Crippen LogP contribution is -2.51. The molecule has 0 bridgehead atoms. The van der Waals surface area contributed by atoms with Crippen LogP contribution in [0.2, 0.25) is 0 Å². The highest BCUT2D eigenvalue weighted by Gasteiger charge is 2.49. The van der Waals surface area contributed by atoms with Gasteiger partial charge in [0.15, 0.2) is 5.17 Å². The number of fused-ring (bicyclic) bond motifs is 1. The zero-order valence-corrected chi connectivity index (χ0v) is 18.0. The van der Waals surface area contributed by atoms with E-state index in [1.165, 1.54) is 22.9 Å². The van der Waals surface area contributed by atoms with Gasteiger partial charge in [-0.25, -0.2) is 14.8 Å². The number of thioether (sulfide) groups is 1. The molecule has 0 aliphatic carbocycles. The highest BCUT2D eigenvalue weighted by Crippen LogP contribution is 2.45. The third kappa shape index (κ3) is 3.58. The molecule has 2 aliphatic heterocycles. The topological polar surface area (TPSA) is 77.8 Å². The Labute approximate surface area is 179 Å². The van der Waals surface area contributed by atoms with Gasteiger partial charge in [-0.15, -0.1) is 0 Å². The number of pyridine rings is 1. The SMILES string of the molecule is CC(C)(C)N(C(=O)O)C1=NC2(c3cccc(-c4cccnc4F)c3)CNCC2CS1. The van der Waals surface area contributed by atoms with E-state index < -0.39 is 23.1 Å². The predicted molar refractivity (Wildman–Crippen MR) is 117 cm³/mol. The number of amidine groups is 1. The van der Waals surface area contributed by atoms with E-state index in [0.29, 0.717) is 17.3 Å². The summed E-state index contributed by atoms with van der Waals surface area (Å²) in [4.78, 5) is 22.2. The number of amides is 1. The molecule has 1 amide bonds. The van der Waals surface area contributed by atoms with Gasteiger partial charge in [-0.05, 0) is 50.1 Å². The number of hydrogen-bond donors (Lipinski definition) is 2. The van der Waals surface area contributed by atoms with Crippen LogP contribution < -0.4 is 5.32 Å². The molecule has 0 saturated carbocycles. The molecule has 158 valence electrons. The molecular formula is C22H25FN4O2S. The Kier molecular flexibility index (Phi) is 5.32. The average molecular weight is 429 g/mol. The highest BCUT2D eigenvalue weighted by atomic mass is 32.2. The van der Waals surface area contributed by atoms with Gasteiger partial charge < -0.3 is 10.4 Å². The van der Waals surface area contributed by atoms with E-state index in [9.17, 15) is 14.3 Å². The van der Waals surface area contributed by atoms with Gasteiger partial charge in [0.25, 0.3) is 0 Å². The number of carboxylic acid groups (broad SMARTS) is 1. The van der Waals surface area contributed by atoms with Crippen LogP contribution in [0.15, 0.2) is 47.6 Å². The molecule has 1 aromatic carbocycles. The van der Waals surface area contributed by atoms with E-state index in [2.05, 4.69) is 10.3 Å². The molecule has 2 N–H and O–H groups in total. The van der Waals surface area contributed by atoms with Crippen LogP contribution in [-0.4, -0.2) is 50.6 Å². The Morgan fingerprint density at radius 1 is 1.33 bits per heavy atom. The van der Waals surface area contributed by atoms with Gasteiger partial charge in [0.05, 0.1) is 0 Å². The van der Waals surface area contributed by atoms with Crippen molar-refractivity contribution >= 4 is 23.0 Å². The molecule has 2 atom stereocenters. The van der Waals surface area contributed by atoms with Gasteiger partial charge in [0, 0.05) is 42.1 Å². The average Bonchev–Trinajstić information content (AvgIpc) is 3.11. The van der Waals surface area contributed by atoms with E-state index in [1.54, 1.807) is 12.1 Å². The van der Waals surface area contributed by atoms with Crippen molar-refractivity contribution in [1.82, 2.24) is 15.2 Å². The lowest BCUT2D eigenvalue weighted by Gasteiger charge is -2.41. The fourth-order valence-electron chi connectivity index (χ4n) is 4.19. The highest BCUT2D eigenvalue weighted by molar-refractivity contribution is 8.13. The molecule has 2 unspecified atom stereocenters. The third-order valence-electron chi connectivity index (χ3n) is 5.66. The van der Waals surface area contributed by atoms with Crippen LogP contribution in [0.5, 0.6) is 0 Å². The molecule has 30 heavy (non-hydrogen) atoms. The molecular weight excluding hydrogens is 403 g/mol. The minimum Gasteiger partial charge on any atom is -0.465 e. The maximum atomic E-state index is 14.3. The first-order valence-electron chi connectivity index (χ1n) is 9.90. The van der Waals surface area contributed by atoms with Crippen molar-refractivity contribution < 1.29 is 14.3 Å². The van der Waals surface area contributed by atoms with Crippen molar-refractivity contribution in [1.29, 1.82) is 0 Å². The Bertz CT molecular complexity index is 1010. The van der Waals surface area contributed by atoms with Crippen LogP contribution >= 0.6 is 11.8 Å². The summed E-state index contributed by atoms with van der Waals surface area (Å²) in [6.45, 7) is 7.00. The summed E-state index contributed by atoms with van der Waals surface area (Å²) >= 11 is 1.48. The van der Waals surface area contributed by atoms with Crippen LogP contribution in [0.25, 0.3) is 11.1 Å². The van der Waals surface area contributed by atoms with Crippen molar-refractivity contribution in [3.05, 3.63) is 54.1 Å². The number of aliphatic imine (C=N–C) groups is 1. The molecule has 3 heterocycles. The van der Waals surface area contributed by atoms with Gasteiger partial charge in [-0.1, -0.05) is 30.0 Å². The Morgan fingerprint density at radius 2 is 2.13 bits per heavy atom. The number of rotatable bonds is 2. The van der Waals surface area contributed by atoms with Crippen LogP contribution in [0, 0.1) is 11.9 Å². The molecule has 2 aliphatic rings. The van der Waals surface area contributed by atoms with Crippen molar-refractivity contribution in [3.63, 3.8) is 0 Å². The van der Waals surface area contributed by atoms with Crippen molar-refractivity contribution in [2.24, 2.45) is 10.9 Å². The van der Waals surface area contributed by atoms with Gasteiger partial charge in [0.1, 0.15) is 5.54 Å². The van der Waals surface area contributed by atoms with Crippen molar-refractivity contribution in [3.8, 4) is 11.1 Å². The molecule has 1 aromatic heterocycles. The largest absolute Gasteiger partial charge is 0.465 e. The standard InChI is InChI=1S/C22H25FN4O2S/c1-21(2,3)27(20(28)29)19-26-22(13-24-11-16(22)12-30-19)15-7-4-6-14(10-15)17-8-5-9-25-18(17)23/h4-10,16,24H,11-13H2,1-3H3,(H,28,29). The fraction of sp³-hybridized carbons (Fsp3) is 0.409. The Morgan fingerprint density at radius 3 is 2.83 bits per heavy atom. The normalized spacial score (nSPS) is 23.6. The van der Waals surface area contributed by atoms with Crippen molar-refractivity contribution in [2.75, 3.05) is 18.8 Å².